The van der Waals surface area contributed by atoms with Crippen LogP contribution in [0.15, 0.2) is 23.0 Å². The zero-order chi connectivity index (χ0) is 10.1. The number of hydrogen-bond acceptors (Lipinski definition) is 4. The predicted octanol–water partition coefficient (Wildman–Crippen LogP) is 1.51. The lowest BCUT2D eigenvalue weighted by atomic mass is 10.3. The van der Waals surface area contributed by atoms with Crippen LogP contribution in [0.2, 0.25) is 0 Å². The van der Waals surface area contributed by atoms with E-state index in [1.165, 1.54) is 6.92 Å². The molecule has 1 aromatic heterocycles. The summed E-state index contributed by atoms with van der Waals surface area (Å²) >= 11 is 1.09. The zero-order valence-electron chi connectivity index (χ0n) is 7.37. The van der Waals surface area contributed by atoms with Crippen molar-refractivity contribution in [2.75, 3.05) is 0 Å². The van der Waals surface area contributed by atoms with Gasteiger partial charge >= 0.3 is 10.8 Å². The monoisotopic (exact) mass is 209 g/mol. The molecule has 1 heterocycles. The number of nitrogens with one attached hydrogen (secondary N) is 1. The second-order valence-corrected chi connectivity index (χ2v) is 3.78. The number of carbonyl (C=O) groups is 1. The Balaban J connectivity index is 2.50. The first-order valence-electron chi connectivity index (χ1n) is 3.96. The average Bonchev–Trinajstić information content (AvgIpc) is 2.42. The summed E-state index contributed by atoms with van der Waals surface area (Å²) in [5, 5.41) is 0. The highest BCUT2D eigenvalue weighted by atomic mass is 32.1. The molecule has 14 heavy (non-hydrogen) atoms. The average molecular weight is 209 g/mol. The van der Waals surface area contributed by atoms with Crippen LogP contribution in [0.5, 0.6) is 5.75 Å². The van der Waals surface area contributed by atoms with Crippen molar-refractivity contribution in [3.05, 3.63) is 27.9 Å². The molecule has 0 fully saturated rings. The van der Waals surface area contributed by atoms with Gasteiger partial charge in [-0.1, -0.05) is 11.3 Å². The van der Waals surface area contributed by atoms with Crippen molar-refractivity contribution in [3.8, 4) is 5.75 Å². The molecule has 0 atom stereocenters. The van der Waals surface area contributed by atoms with Crippen molar-refractivity contribution in [3.63, 3.8) is 0 Å². The van der Waals surface area contributed by atoms with E-state index in [9.17, 15) is 9.59 Å². The first-order chi connectivity index (χ1) is 6.65. The third-order valence-electron chi connectivity index (χ3n) is 1.65. The van der Waals surface area contributed by atoms with Crippen molar-refractivity contribution in [1.29, 1.82) is 0 Å². The largest absolute Gasteiger partial charge is 0.427 e. The normalized spacial score (nSPS) is 10.4. The summed E-state index contributed by atoms with van der Waals surface area (Å²) in [5.74, 6) is 0.0903. The molecule has 4 nitrogen and oxygen atoms in total. The summed E-state index contributed by atoms with van der Waals surface area (Å²) in [5.41, 5.74) is 0.760. The van der Waals surface area contributed by atoms with Crippen LogP contribution < -0.4 is 9.61 Å². The SMILES string of the molecule is CC(=O)Oc1ccc2[nH]c(=O)sc2c1. The van der Waals surface area contributed by atoms with Gasteiger partial charge in [-0.3, -0.25) is 9.59 Å². The Morgan fingerprint density at radius 2 is 2.29 bits per heavy atom. The third-order valence-corrected chi connectivity index (χ3v) is 2.50. The molecule has 0 bridgehead atoms. The molecule has 2 rings (SSSR count). The number of aromatic amines is 1. The highest BCUT2D eigenvalue weighted by molar-refractivity contribution is 7.16. The van der Waals surface area contributed by atoms with Crippen molar-refractivity contribution < 1.29 is 9.53 Å². The Morgan fingerprint density at radius 3 is 3.00 bits per heavy atom. The third kappa shape index (κ3) is 1.67. The quantitative estimate of drug-likeness (QED) is 0.572. The molecule has 72 valence electrons. The second kappa shape index (κ2) is 3.26. The summed E-state index contributed by atoms with van der Waals surface area (Å²) < 4.78 is 5.67. The summed E-state index contributed by atoms with van der Waals surface area (Å²) in [6.45, 7) is 1.34. The van der Waals surface area contributed by atoms with E-state index in [4.69, 9.17) is 4.74 Å². The number of aromatic nitrogens is 1. The van der Waals surface area contributed by atoms with E-state index in [-0.39, 0.29) is 10.8 Å². The molecule has 0 spiro atoms. The lowest BCUT2D eigenvalue weighted by molar-refractivity contribution is -0.131. The maximum Gasteiger partial charge on any atom is 0.308 e. The van der Waals surface area contributed by atoms with Gasteiger partial charge in [0.1, 0.15) is 5.75 Å². The van der Waals surface area contributed by atoms with Gasteiger partial charge in [-0.25, -0.2) is 0 Å². The fourth-order valence-electron chi connectivity index (χ4n) is 1.16. The topological polar surface area (TPSA) is 59.2 Å². The molecule has 2 aromatic rings. The number of fused-ring (bicyclic) bond motifs is 1. The van der Waals surface area contributed by atoms with Crippen LogP contribution in [0.4, 0.5) is 0 Å². The van der Waals surface area contributed by atoms with E-state index in [1.807, 2.05) is 0 Å². The predicted molar refractivity (Wildman–Crippen MR) is 53.8 cm³/mol. The van der Waals surface area contributed by atoms with Crippen molar-refractivity contribution in [1.82, 2.24) is 4.98 Å². The van der Waals surface area contributed by atoms with E-state index in [0.717, 1.165) is 21.6 Å². The summed E-state index contributed by atoms with van der Waals surface area (Å²) in [6, 6.07) is 5.02. The van der Waals surface area contributed by atoms with Crippen LogP contribution in [0.3, 0.4) is 0 Å². The molecule has 0 aliphatic carbocycles. The Kier molecular flexibility index (Phi) is 2.09. The molecular formula is C9H7NO3S. The molecule has 0 aliphatic heterocycles. The van der Waals surface area contributed by atoms with E-state index in [0.29, 0.717) is 5.75 Å². The van der Waals surface area contributed by atoms with Gasteiger partial charge in [0.2, 0.25) is 0 Å². The van der Waals surface area contributed by atoms with Gasteiger partial charge in [0.25, 0.3) is 0 Å². The smallest absolute Gasteiger partial charge is 0.308 e. The lowest BCUT2D eigenvalue weighted by Gasteiger charge is -1.99. The Bertz CT molecular complexity index is 540. The number of H-pyrrole nitrogens is 1. The number of rotatable bonds is 1. The molecule has 1 N–H and O–H groups in total. The van der Waals surface area contributed by atoms with E-state index in [1.54, 1.807) is 18.2 Å². The van der Waals surface area contributed by atoms with Gasteiger partial charge in [-0.2, -0.15) is 0 Å². The Morgan fingerprint density at radius 1 is 1.50 bits per heavy atom. The number of ether oxygens (including phenoxy) is 1. The first-order valence-corrected chi connectivity index (χ1v) is 4.78. The number of carbonyl (C=O) groups excluding carboxylic acids is 1. The minimum absolute atomic E-state index is 0.111. The zero-order valence-corrected chi connectivity index (χ0v) is 8.18. The van der Waals surface area contributed by atoms with Crippen LogP contribution >= 0.6 is 11.3 Å². The van der Waals surface area contributed by atoms with Gasteiger partial charge in [-0.05, 0) is 12.1 Å². The van der Waals surface area contributed by atoms with E-state index >= 15 is 0 Å². The molecule has 0 amide bonds. The molecule has 0 unspecified atom stereocenters. The maximum absolute atomic E-state index is 11.0. The summed E-state index contributed by atoms with van der Waals surface area (Å²) in [7, 11) is 0. The Hall–Kier alpha value is -1.62. The highest BCUT2D eigenvalue weighted by Crippen LogP contribution is 2.21. The molecule has 0 aliphatic rings. The number of esters is 1. The van der Waals surface area contributed by atoms with Gasteiger partial charge < -0.3 is 9.72 Å². The van der Waals surface area contributed by atoms with Crippen LogP contribution in [0, 0.1) is 0 Å². The molecule has 0 saturated carbocycles. The number of thiazole rings is 1. The van der Waals surface area contributed by atoms with E-state index in [2.05, 4.69) is 4.98 Å². The Labute approximate surface area is 83.1 Å². The number of hydrogen-bond donors (Lipinski definition) is 1. The first kappa shape index (κ1) is 8.96. The van der Waals surface area contributed by atoms with Crippen LogP contribution in [-0.4, -0.2) is 11.0 Å². The molecular weight excluding hydrogens is 202 g/mol. The van der Waals surface area contributed by atoms with Gasteiger partial charge in [-0.15, -0.1) is 0 Å². The van der Waals surface area contributed by atoms with Gasteiger partial charge in [0.15, 0.2) is 0 Å². The van der Waals surface area contributed by atoms with Gasteiger partial charge in [0.05, 0.1) is 10.2 Å². The van der Waals surface area contributed by atoms with Crippen molar-refractivity contribution in [2.24, 2.45) is 0 Å². The fourth-order valence-corrected chi connectivity index (χ4v) is 1.92. The minimum Gasteiger partial charge on any atom is -0.427 e. The van der Waals surface area contributed by atoms with Crippen molar-refractivity contribution >= 4 is 27.5 Å². The minimum atomic E-state index is -0.368. The molecule has 1 aromatic carbocycles. The fraction of sp³-hybridized carbons (Fsp3) is 0.111. The van der Waals surface area contributed by atoms with Crippen LogP contribution in [-0.2, 0) is 4.79 Å². The van der Waals surface area contributed by atoms with Gasteiger partial charge in [0, 0.05) is 13.0 Å². The maximum atomic E-state index is 11.0. The van der Waals surface area contributed by atoms with Crippen LogP contribution in [0.25, 0.3) is 10.2 Å². The molecule has 0 saturated heterocycles. The lowest BCUT2D eigenvalue weighted by Crippen LogP contribution is -2.00. The summed E-state index contributed by atoms with van der Waals surface area (Å²) in [4.78, 5) is 24.2. The van der Waals surface area contributed by atoms with E-state index < -0.39 is 0 Å². The summed E-state index contributed by atoms with van der Waals surface area (Å²) in [6.07, 6.45) is 0. The molecule has 5 heteroatoms. The number of benzene rings is 1. The molecule has 0 radical (unpaired) electrons. The highest BCUT2D eigenvalue weighted by Gasteiger charge is 2.02. The standard InChI is InChI=1S/C9H7NO3S/c1-5(11)13-6-2-3-7-8(4-6)14-9(12)10-7/h2-4H,1H3,(H,10,12). The van der Waals surface area contributed by atoms with Crippen LogP contribution in [0.1, 0.15) is 6.92 Å². The van der Waals surface area contributed by atoms with Crippen molar-refractivity contribution in [2.45, 2.75) is 6.92 Å². The second-order valence-electron chi connectivity index (χ2n) is 2.77.